The summed E-state index contributed by atoms with van der Waals surface area (Å²) in [6, 6.07) is 0. The van der Waals surface area contributed by atoms with Crippen molar-refractivity contribution in [3.8, 4) is 0 Å². The lowest BCUT2D eigenvalue weighted by Crippen LogP contribution is -2.48. The van der Waals surface area contributed by atoms with Crippen molar-refractivity contribution in [3.63, 3.8) is 0 Å². The van der Waals surface area contributed by atoms with Gasteiger partial charge in [-0.1, -0.05) is 0 Å². The molecule has 0 aromatic heterocycles. The predicted molar refractivity (Wildman–Crippen MR) is 65.0 cm³/mol. The Hall–Kier alpha value is -0.570. The summed E-state index contributed by atoms with van der Waals surface area (Å²) in [7, 11) is 3.29. The first kappa shape index (κ1) is 11.5. The fraction of sp³-hybridized carbons (Fsp3) is 0.929. The molecule has 0 aromatic carbocycles. The second kappa shape index (κ2) is 3.98. The Morgan fingerprint density at radius 1 is 1.18 bits per heavy atom. The topological polar surface area (TPSA) is 29.5 Å². The lowest BCUT2D eigenvalue weighted by molar-refractivity contribution is -0.175. The zero-order valence-electron chi connectivity index (χ0n) is 10.9. The average Bonchev–Trinajstić information content (AvgIpc) is 2.25. The Labute approximate surface area is 103 Å². The van der Waals surface area contributed by atoms with E-state index in [1.54, 1.807) is 14.2 Å². The minimum absolute atomic E-state index is 0.162. The largest absolute Gasteiger partial charge is 0.275 e. The molecule has 17 heavy (non-hydrogen) atoms. The van der Waals surface area contributed by atoms with Gasteiger partial charge in [-0.3, -0.25) is 9.63 Å². The van der Waals surface area contributed by atoms with Crippen LogP contribution in [0.4, 0.5) is 0 Å². The minimum atomic E-state index is 0.162. The number of carbonyl (C=O) groups is 1. The van der Waals surface area contributed by atoms with Crippen molar-refractivity contribution in [2.45, 2.75) is 44.9 Å². The van der Waals surface area contributed by atoms with Crippen LogP contribution in [-0.2, 0) is 9.63 Å². The van der Waals surface area contributed by atoms with Crippen molar-refractivity contribution in [2.24, 2.45) is 23.2 Å². The molecule has 1 amide bonds. The zero-order chi connectivity index (χ0) is 12.0. The number of hydrogen-bond donors (Lipinski definition) is 0. The fourth-order valence-electron chi connectivity index (χ4n) is 5.04. The van der Waals surface area contributed by atoms with Crippen molar-refractivity contribution in [3.05, 3.63) is 0 Å². The Morgan fingerprint density at radius 2 is 1.65 bits per heavy atom. The van der Waals surface area contributed by atoms with Crippen molar-refractivity contribution in [1.29, 1.82) is 0 Å². The highest BCUT2D eigenvalue weighted by Gasteiger charge is 2.51. The highest BCUT2D eigenvalue weighted by atomic mass is 16.7. The lowest BCUT2D eigenvalue weighted by atomic mass is 9.49. The molecule has 3 nitrogen and oxygen atoms in total. The van der Waals surface area contributed by atoms with Gasteiger partial charge in [-0.15, -0.1) is 0 Å². The van der Waals surface area contributed by atoms with Crippen LogP contribution in [0.5, 0.6) is 0 Å². The third-order valence-electron chi connectivity index (χ3n) is 5.32. The Balaban J connectivity index is 1.72. The van der Waals surface area contributed by atoms with Crippen molar-refractivity contribution < 1.29 is 9.63 Å². The molecule has 0 spiro atoms. The van der Waals surface area contributed by atoms with Crippen LogP contribution in [-0.4, -0.2) is 25.1 Å². The molecule has 96 valence electrons. The number of nitrogens with zero attached hydrogens (tertiary/aromatic N) is 1. The van der Waals surface area contributed by atoms with E-state index in [9.17, 15) is 4.79 Å². The Kier molecular flexibility index (Phi) is 2.69. The molecule has 4 rings (SSSR count). The van der Waals surface area contributed by atoms with Crippen LogP contribution in [0.15, 0.2) is 0 Å². The molecule has 4 aliphatic carbocycles. The molecule has 4 fully saturated rings. The van der Waals surface area contributed by atoms with Gasteiger partial charge in [-0.05, 0) is 61.7 Å². The third kappa shape index (κ3) is 1.99. The summed E-state index contributed by atoms with van der Waals surface area (Å²) in [5.74, 6) is 2.92. The van der Waals surface area contributed by atoms with Crippen LogP contribution in [0.25, 0.3) is 0 Å². The van der Waals surface area contributed by atoms with Crippen LogP contribution < -0.4 is 0 Å². The van der Waals surface area contributed by atoms with E-state index in [0.717, 1.165) is 17.8 Å². The molecule has 4 aliphatic rings. The maximum absolute atomic E-state index is 12.1. The first-order chi connectivity index (χ1) is 8.10. The molecule has 0 unspecified atom stereocenters. The molecule has 0 radical (unpaired) electrons. The number of hydrogen-bond acceptors (Lipinski definition) is 2. The molecule has 0 atom stereocenters. The standard InChI is InChI=1S/C14H23NO2/c1-15(17-2)13(16)9-14-6-10-3-11(7-14)5-12(4-10)8-14/h10-12H,3-9H2,1-2H3. The van der Waals surface area contributed by atoms with Gasteiger partial charge in [0, 0.05) is 13.5 Å². The SMILES string of the molecule is CON(C)C(=O)CC12CC3CC(CC(C3)C1)C2. The molecule has 3 heteroatoms. The Bertz CT molecular complexity index is 291. The summed E-state index contributed by atoms with van der Waals surface area (Å²) in [5, 5.41) is 1.40. The van der Waals surface area contributed by atoms with Crippen LogP contribution in [0.1, 0.15) is 44.9 Å². The summed E-state index contributed by atoms with van der Waals surface area (Å²) >= 11 is 0. The van der Waals surface area contributed by atoms with E-state index in [1.807, 2.05) is 0 Å². The molecular formula is C14H23NO2. The van der Waals surface area contributed by atoms with Crippen LogP contribution >= 0.6 is 0 Å². The van der Waals surface area contributed by atoms with E-state index in [1.165, 1.54) is 43.6 Å². The van der Waals surface area contributed by atoms with Gasteiger partial charge in [-0.2, -0.15) is 0 Å². The van der Waals surface area contributed by atoms with E-state index in [2.05, 4.69) is 0 Å². The molecule has 0 N–H and O–H groups in total. The highest BCUT2D eigenvalue weighted by Crippen LogP contribution is 2.61. The zero-order valence-corrected chi connectivity index (χ0v) is 10.9. The Morgan fingerprint density at radius 3 is 2.06 bits per heavy atom. The smallest absolute Gasteiger partial charge is 0.246 e. The van der Waals surface area contributed by atoms with E-state index < -0.39 is 0 Å². The van der Waals surface area contributed by atoms with Crippen molar-refractivity contribution in [1.82, 2.24) is 5.06 Å². The number of carbonyl (C=O) groups excluding carboxylic acids is 1. The van der Waals surface area contributed by atoms with Gasteiger partial charge in [0.15, 0.2) is 0 Å². The first-order valence-corrected chi connectivity index (χ1v) is 6.91. The van der Waals surface area contributed by atoms with Crippen molar-refractivity contribution in [2.75, 3.05) is 14.2 Å². The van der Waals surface area contributed by atoms with E-state index in [0.29, 0.717) is 11.8 Å². The van der Waals surface area contributed by atoms with Gasteiger partial charge >= 0.3 is 0 Å². The first-order valence-electron chi connectivity index (χ1n) is 6.91. The predicted octanol–water partition coefficient (Wildman–Crippen LogP) is 2.61. The summed E-state index contributed by atoms with van der Waals surface area (Å²) < 4.78 is 0. The summed E-state index contributed by atoms with van der Waals surface area (Å²) in [6.45, 7) is 0. The molecule has 4 bridgehead atoms. The molecule has 0 saturated heterocycles. The van der Waals surface area contributed by atoms with Gasteiger partial charge in [0.25, 0.3) is 0 Å². The van der Waals surface area contributed by atoms with Crippen LogP contribution in [0.2, 0.25) is 0 Å². The highest BCUT2D eigenvalue weighted by molar-refractivity contribution is 5.75. The quantitative estimate of drug-likeness (QED) is 0.706. The summed E-state index contributed by atoms with van der Waals surface area (Å²) in [6.07, 6.45) is 8.91. The molecule has 0 aromatic rings. The maximum Gasteiger partial charge on any atom is 0.246 e. The van der Waals surface area contributed by atoms with E-state index >= 15 is 0 Å². The van der Waals surface area contributed by atoms with Gasteiger partial charge in [0.1, 0.15) is 0 Å². The van der Waals surface area contributed by atoms with Crippen LogP contribution in [0, 0.1) is 23.2 Å². The van der Waals surface area contributed by atoms with Gasteiger partial charge in [0.05, 0.1) is 7.11 Å². The summed E-state index contributed by atoms with van der Waals surface area (Å²) in [4.78, 5) is 17.1. The van der Waals surface area contributed by atoms with Gasteiger partial charge in [0.2, 0.25) is 5.91 Å². The fourth-order valence-corrected chi connectivity index (χ4v) is 5.04. The third-order valence-corrected chi connectivity index (χ3v) is 5.32. The normalized spacial score (nSPS) is 42.8. The van der Waals surface area contributed by atoms with E-state index in [-0.39, 0.29) is 5.91 Å². The molecular weight excluding hydrogens is 214 g/mol. The molecule has 0 aliphatic heterocycles. The van der Waals surface area contributed by atoms with Gasteiger partial charge in [-0.25, -0.2) is 5.06 Å². The molecule has 0 heterocycles. The average molecular weight is 237 g/mol. The number of hydroxylamine groups is 2. The number of amides is 1. The van der Waals surface area contributed by atoms with E-state index in [4.69, 9.17) is 4.84 Å². The summed E-state index contributed by atoms with van der Waals surface area (Å²) in [5.41, 5.74) is 0.332. The lowest BCUT2D eigenvalue weighted by Gasteiger charge is -2.56. The van der Waals surface area contributed by atoms with Gasteiger partial charge < -0.3 is 0 Å². The maximum atomic E-state index is 12.1. The minimum Gasteiger partial charge on any atom is -0.275 e. The monoisotopic (exact) mass is 237 g/mol. The number of rotatable bonds is 3. The second-order valence-electron chi connectivity index (χ2n) is 6.67. The van der Waals surface area contributed by atoms with Crippen LogP contribution in [0.3, 0.4) is 0 Å². The van der Waals surface area contributed by atoms with Crippen molar-refractivity contribution >= 4 is 5.91 Å². The second-order valence-corrected chi connectivity index (χ2v) is 6.67. The molecule has 4 saturated carbocycles.